The Hall–Kier alpha value is -2.32. The van der Waals surface area contributed by atoms with Gasteiger partial charge in [0.1, 0.15) is 18.1 Å². The number of aliphatic hydroxyl groups excluding tert-OH is 3. The molecule has 0 fully saturated rings. The van der Waals surface area contributed by atoms with Gasteiger partial charge in [-0.2, -0.15) is 0 Å². The van der Waals surface area contributed by atoms with Crippen molar-refractivity contribution in [2.45, 2.75) is 56.5 Å². The molecule has 5 atom stereocenters. The van der Waals surface area contributed by atoms with Crippen LogP contribution in [0.3, 0.4) is 0 Å². The highest BCUT2D eigenvalue weighted by Crippen LogP contribution is 2.00. The maximum absolute atomic E-state index is 12.3. The summed E-state index contributed by atoms with van der Waals surface area (Å²) < 4.78 is 0. The van der Waals surface area contributed by atoms with E-state index in [4.69, 9.17) is 21.7 Å². The van der Waals surface area contributed by atoms with E-state index in [0.717, 1.165) is 0 Å². The summed E-state index contributed by atoms with van der Waals surface area (Å²) in [5, 5.41) is 43.2. The predicted octanol–water partition coefficient (Wildman–Crippen LogP) is -4.65. The Kier molecular flexibility index (Phi) is 12.7. The lowest BCUT2D eigenvalue weighted by Crippen LogP contribution is -2.60. The number of hydrogen-bond acceptors (Lipinski definition) is 9. The van der Waals surface area contributed by atoms with Gasteiger partial charge in [0.15, 0.2) is 0 Å². The van der Waals surface area contributed by atoms with Gasteiger partial charge in [-0.15, -0.1) is 0 Å². The van der Waals surface area contributed by atoms with Crippen LogP contribution in [0.15, 0.2) is 0 Å². The fourth-order valence-corrected chi connectivity index (χ4v) is 2.22. The zero-order chi connectivity index (χ0) is 22.6. The Labute approximate surface area is 167 Å². The molecule has 3 amide bonds. The molecule has 168 valence electrons. The van der Waals surface area contributed by atoms with Crippen molar-refractivity contribution in [2.24, 2.45) is 11.5 Å². The molecule has 0 aromatic heterocycles. The minimum atomic E-state index is -1.64. The van der Waals surface area contributed by atoms with E-state index in [2.05, 4.69) is 10.6 Å². The van der Waals surface area contributed by atoms with Crippen LogP contribution in [0, 0.1) is 0 Å². The fourth-order valence-electron chi connectivity index (χ4n) is 2.22. The van der Waals surface area contributed by atoms with Gasteiger partial charge in [0, 0.05) is 0 Å². The molecule has 11 N–H and O–H groups in total. The number of carbonyl (C=O) groups is 4. The van der Waals surface area contributed by atoms with Gasteiger partial charge in [-0.05, 0) is 26.3 Å². The van der Waals surface area contributed by atoms with Gasteiger partial charge < -0.3 is 47.8 Å². The van der Waals surface area contributed by atoms with Crippen molar-refractivity contribution in [1.82, 2.24) is 16.0 Å². The van der Waals surface area contributed by atoms with E-state index >= 15 is 0 Å². The molecule has 0 saturated carbocycles. The number of carbonyl (C=O) groups excluding carboxylic acids is 3. The average molecular weight is 421 g/mol. The van der Waals surface area contributed by atoms with Crippen LogP contribution in [0.2, 0.25) is 0 Å². The van der Waals surface area contributed by atoms with E-state index in [-0.39, 0.29) is 0 Å². The predicted molar refractivity (Wildman–Crippen MR) is 100 cm³/mol. The molecule has 0 aromatic carbocycles. The standard InChI is InChI=1S/C16H31N5O8/c1-8(24)12(15(27)20-11(7-23)16(28)29)21-14(26)10(6-22)19-13(25)9(18)4-2-3-5-17/h8-12,22-24H,2-7,17-18H2,1H3,(H,19,25)(H,20,27)(H,21,26)(H,28,29). The van der Waals surface area contributed by atoms with E-state index < -0.39 is 67.2 Å². The third-order valence-corrected chi connectivity index (χ3v) is 3.98. The van der Waals surface area contributed by atoms with E-state index in [1.54, 1.807) is 0 Å². The molecule has 0 aliphatic heterocycles. The van der Waals surface area contributed by atoms with Crippen molar-refractivity contribution in [3.05, 3.63) is 0 Å². The molecule has 0 heterocycles. The summed E-state index contributed by atoms with van der Waals surface area (Å²) in [5.41, 5.74) is 11.1. The third kappa shape index (κ3) is 9.62. The first-order valence-corrected chi connectivity index (χ1v) is 9.08. The van der Waals surface area contributed by atoms with Crippen LogP contribution >= 0.6 is 0 Å². The molecule has 0 saturated heterocycles. The van der Waals surface area contributed by atoms with E-state index in [9.17, 15) is 29.4 Å². The Morgan fingerprint density at radius 3 is 1.90 bits per heavy atom. The molecule has 0 aromatic rings. The SMILES string of the molecule is CC(O)C(NC(=O)C(CO)NC(=O)C(N)CCCCN)C(=O)NC(CO)C(=O)O. The first-order valence-electron chi connectivity index (χ1n) is 9.08. The molecule has 5 unspecified atom stereocenters. The Bertz CT molecular complexity index is 559. The number of aliphatic carboxylic acids is 1. The molecule has 0 bridgehead atoms. The van der Waals surface area contributed by atoms with Crippen molar-refractivity contribution in [3.63, 3.8) is 0 Å². The van der Waals surface area contributed by atoms with Crippen LogP contribution in [0.1, 0.15) is 26.2 Å². The third-order valence-electron chi connectivity index (χ3n) is 3.98. The van der Waals surface area contributed by atoms with Crippen LogP contribution in [0.5, 0.6) is 0 Å². The van der Waals surface area contributed by atoms with E-state index in [1.807, 2.05) is 5.32 Å². The highest BCUT2D eigenvalue weighted by Gasteiger charge is 2.32. The first-order chi connectivity index (χ1) is 13.6. The van der Waals surface area contributed by atoms with Crippen molar-refractivity contribution in [1.29, 1.82) is 0 Å². The Balaban J connectivity index is 4.98. The number of carboxylic acid groups (broad SMARTS) is 1. The van der Waals surface area contributed by atoms with Gasteiger partial charge in [-0.3, -0.25) is 14.4 Å². The minimum absolute atomic E-state index is 0.319. The van der Waals surface area contributed by atoms with E-state index in [1.165, 1.54) is 6.92 Å². The first kappa shape index (κ1) is 26.7. The van der Waals surface area contributed by atoms with Crippen molar-refractivity contribution in [3.8, 4) is 0 Å². The molecule has 0 spiro atoms. The number of amides is 3. The van der Waals surface area contributed by atoms with Crippen LogP contribution < -0.4 is 27.4 Å². The normalized spacial score (nSPS) is 16.1. The topological polar surface area (TPSA) is 237 Å². The summed E-state index contributed by atoms with van der Waals surface area (Å²) in [6.45, 7) is -0.106. The molecular formula is C16H31N5O8. The van der Waals surface area contributed by atoms with Crippen molar-refractivity contribution >= 4 is 23.7 Å². The summed E-state index contributed by atoms with van der Waals surface area (Å²) in [4.78, 5) is 47.4. The summed E-state index contributed by atoms with van der Waals surface area (Å²) in [6, 6.07) is -5.62. The van der Waals surface area contributed by atoms with Gasteiger partial charge in [0.05, 0.1) is 25.4 Å². The summed E-state index contributed by atoms with van der Waals surface area (Å²) in [6.07, 6.45) is 0.141. The van der Waals surface area contributed by atoms with Crippen molar-refractivity contribution in [2.75, 3.05) is 19.8 Å². The average Bonchev–Trinajstić information content (AvgIpc) is 2.67. The summed E-state index contributed by atoms with van der Waals surface area (Å²) >= 11 is 0. The molecule has 13 heteroatoms. The van der Waals surface area contributed by atoms with Crippen LogP contribution in [0.4, 0.5) is 0 Å². The second kappa shape index (κ2) is 13.8. The monoisotopic (exact) mass is 421 g/mol. The number of hydrogen-bond donors (Lipinski definition) is 9. The molecular weight excluding hydrogens is 390 g/mol. The largest absolute Gasteiger partial charge is 0.480 e. The van der Waals surface area contributed by atoms with Crippen LogP contribution in [-0.4, -0.2) is 94.1 Å². The molecule has 0 aliphatic carbocycles. The number of carboxylic acids is 1. The number of rotatable bonds is 14. The van der Waals surface area contributed by atoms with Gasteiger partial charge in [0.2, 0.25) is 17.7 Å². The smallest absolute Gasteiger partial charge is 0.328 e. The zero-order valence-electron chi connectivity index (χ0n) is 16.2. The molecule has 0 radical (unpaired) electrons. The Morgan fingerprint density at radius 2 is 1.45 bits per heavy atom. The number of unbranched alkanes of at least 4 members (excludes halogenated alkanes) is 1. The maximum Gasteiger partial charge on any atom is 0.328 e. The highest BCUT2D eigenvalue weighted by atomic mass is 16.4. The lowest BCUT2D eigenvalue weighted by atomic mass is 10.1. The van der Waals surface area contributed by atoms with Crippen LogP contribution in [-0.2, 0) is 19.2 Å². The fraction of sp³-hybridized carbons (Fsp3) is 0.750. The number of aliphatic hydroxyl groups is 3. The van der Waals surface area contributed by atoms with Gasteiger partial charge in [-0.25, -0.2) is 4.79 Å². The zero-order valence-corrected chi connectivity index (χ0v) is 16.2. The van der Waals surface area contributed by atoms with E-state index in [0.29, 0.717) is 25.8 Å². The Morgan fingerprint density at radius 1 is 0.897 bits per heavy atom. The minimum Gasteiger partial charge on any atom is -0.480 e. The van der Waals surface area contributed by atoms with Gasteiger partial charge >= 0.3 is 5.97 Å². The maximum atomic E-state index is 12.3. The second-order valence-corrected chi connectivity index (χ2v) is 6.44. The molecule has 0 rings (SSSR count). The van der Waals surface area contributed by atoms with Gasteiger partial charge in [-0.1, -0.05) is 6.42 Å². The molecule has 13 nitrogen and oxygen atoms in total. The second-order valence-electron chi connectivity index (χ2n) is 6.44. The quantitative estimate of drug-likeness (QED) is 0.121. The number of nitrogens with one attached hydrogen (secondary N) is 3. The summed E-state index contributed by atoms with van der Waals surface area (Å²) in [7, 11) is 0. The molecule has 29 heavy (non-hydrogen) atoms. The lowest BCUT2D eigenvalue weighted by molar-refractivity contribution is -0.144. The van der Waals surface area contributed by atoms with Gasteiger partial charge in [0.25, 0.3) is 0 Å². The van der Waals surface area contributed by atoms with Crippen LogP contribution in [0.25, 0.3) is 0 Å². The summed E-state index contributed by atoms with van der Waals surface area (Å²) in [5.74, 6) is -4.27. The molecule has 0 aliphatic rings. The number of nitrogens with two attached hydrogens (primary N) is 2. The highest BCUT2D eigenvalue weighted by molar-refractivity contribution is 5.94. The lowest BCUT2D eigenvalue weighted by Gasteiger charge is -2.25. The van der Waals surface area contributed by atoms with Crippen molar-refractivity contribution < 1.29 is 39.6 Å².